The summed E-state index contributed by atoms with van der Waals surface area (Å²) in [7, 11) is -1.80. The second-order valence-electron chi connectivity index (χ2n) is 16.0. The summed E-state index contributed by atoms with van der Waals surface area (Å²) >= 11 is 0. The Balaban J connectivity index is 1.50. The summed E-state index contributed by atoms with van der Waals surface area (Å²) in [4.78, 5) is 13.9. The maximum Gasteiger partial charge on any atom is 0.192 e. The van der Waals surface area contributed by atoms with Crippen molar-refractivity contribution in [3.63, 3.8) is 0 Å². The van der Waals surface area contributed by atoms with E-state index >= 15 is 0 Å². The van der Waals surface area contributed by atoms with Gasteiger partial charge in [-0.05, 0) is 110 Å². The van der Waals surface area contributed by atoms with E-state index in [1.165, 1.54) is 56.9 Å². The molecule has 0 spiro atoms. The smallest absolute Gasteiger partial charge is 0.192 e. The maximum absolute atomic E-state index is 13.9. The molecule has 0 amide bonds. The summed E-state index contributed by atoms with van der Waals surface area (Å²) in [5.41, 5.74) is 2.00. The quantitative estimate of drug-likeness (QED) is 0.316. The van der Waals surface area contributed by atoms with E-state index in [4.69, 9.17) is 4.43 Å². The molecule has 3 heteroatoms. The lowest BCUT2D eigenvalue weighted by Gasteiger charge is -2.58. The standard InChI is InChI=1S/C33H58O2Si/c1-22(2)12-11-13-23(3)26-14-15-27-30-28(17-19-33(26,27)8)32(7)18-16-25(20-24(32)21-29(30)34)35-36(9,10)31(4,5)6/h21-23,25-28,30H,11-20H2,1-10H3/t23-,25?,26-,27+,28+,30+,32+,33-/m1/s1. The van der Waals surface area contributed by atoms with Crippen LogP contribution in [0.15, 0.2) is 11.6 Å². The van der Waals surface area contributed by atoms with Crippen LogP contribution in [-0.2, 0) is 9.22 Å². The topological polar surface area (TPSA) is 26.3 Å². The molecule has 3 fully saturated rings. The van der Waals surface area contributed by atoms with Crippen molar-refractivity contribution in [3.8, 4) is 0 Å². The van der Waals surface area contributed by atoms with Crippen molar-refractivity contribution in [2.45, 2.75) is 144 Å². The molecule has 0 heterocycles. The van der Waals surface area contributed by atoms with Gasteiger partial charge in [-0.15, -0.1) is 0 Å². The van der Waals surface area contributed by atoms with E-state index in [9.17, 15) is 4.79 Å². The zero-order valence-corrected chi connectivity index (χ0v) is 26.5. The number of allylic oxidation sites excluding steroid dienone is 1. The highest BCUT2D eigenvalue weighted by Crippen LogP contribution is 2.67. The minimum Gasteiger partial charge on any atom is -0.414 e. The second kappa shape index (κ2) is 9.96. The lowest BCUT2D eigenvalue weighted by molar-refractivity contribution is -0.135. The van der Waals surface area contributed by atoms with Crippen LogP contribution in [-0.4, -0.2) is 20.2 Å². The molecular formula is C33H58O2Si. The monoisotopic (exact) mass is 514 g/mol. The van der Waals surface area contributed by atoms with E-state index < -0.39 is 8.32 Å². The first-order chi connectivity index (χ1) is 16.6. The molecule has 4 aliphatic rings. The SMILES string of the molecule is CC(C)CCC[C@@H](C)[C@H]1CC[C@H]2[C@@H]3C(=O)C=C4CC(O[Si](C)(C)C(C)(C)C)CC[C@]4(C)[C@H]3CC[C@]12C. The lowest BCUT2D eigenvalue weighted by atomic mass is 9.46. The van der Waals surface area contributed by atoms with Crippen molar-refractivity contribution >= 4 is 14.1 Å². The summed E-state index contributed by atoms with van der Waals surface area (Å²) in [6.07, 6.45) is 15.1. The van der Waals surface area contributed by atoms with Crippen molar-refractivity contribution in [2.24, 2.45) is 46.3 Å². The maximum atomic E-state index is 13.9. The van der Waals surface area contributed by atoms with Gasteiger partial charge in [-0.3, -0.25) is 4.79 Å². The van der Waals surface area contributed by atoms with E-state index in [0.29, 0.717) is 29.1 Å². The van der Waals surface area contributed by atoms with E-state index in [-0.39, 0.29) is 16.4 Å². The summed E-state index contributed by atoms with van der Waals surface area (Å²) in [6.45, 7) is 24.1. The zero-order valence-electron chi connectivity index (χ0n) is 25.5. The minimum absolute atomic E-state index is 0.203. The van der Waals surface area contributed by atoms with Crippen LogP contribution in [0, 0.1) is 46.3 Å². The van der Waals surface area contributed by atoms with Crippen LogP contribution < -0.4 is 0 Å². The van der Waals surface area contributed by atoms with Gasteiger partial charge in [-0.2, -0.15) is 0 Å². The Labute approximate surface area is 224 Å². The molecular weight excluding hydrogens is 456 g/mol. The first-order valence-corrected chi connectivity index (χ1v) is 18.4. The van der Waals surface area contributed by atoms with Crippen LogP contribution in [0.2, 0.25) is 18.1 Å². The number of rotatable bonds is 7. The highest BCUT2D eigenvalue weighted by Gasteiger charge is 2.61. The molecule has 0 aromatic carbocycles. The third-order valence-corrected chi connectivity index (χ3v) is 16.9. The summed E-state index contributed by atoms with van der Waals surface area (Å²) in [6, 6.07) is 0. The first-order valence-electron chi connectivity index (χ1n) is 15.5. The highest BCUT2D eigenvalue weighted by atomic mass is 28.4. The molecule has 0 N–H and O–H groups in total. The van der Waals surface area contributed by atoms with Crippen molar-refractivity contribution in [3.05, 3.63) is 11.6 Å². The largest absolute Gasteiger partial charge is 0.414 e. The number of fused-ring (bicyclic) bond motifs is 5. The minimum atomic E-state index is -1.80. The molecule has 0 bridgehead atoms. The Morgan fingerprint density at radius 3 is 2.33 bits per heavy atom. The molecule has 4 rings (SSSR count). The molecule has 4 aliphatic carbocycles. The van der Waals surface area contributed by atoms with Gasteiger partial charge in [-0.1, -0.05) is 80.2 Å². The van der Waals surface area contributed by atoms with Gasteiger partial charge in [0.25, 0.3) is 0 Å². The molecule has 0 aromatic rings. The molecule has 3 saturated carbocycles. The second-order valence-corrected chi connectivity index (χ2v) is 20.8. The molecule has 1 unspecified atom stereocenters. The molecule has 8 atom stereocenters. The van der Waals surface area contributed by atoms with Crippen LogP contribution in [0.25, 0.3) is 0 Å². The van der Waals surface area contributed by atoms with E-state index in [1.54, 1.807) is 0 Å². The number of carbonyl (C=O) groups excluding carboxylic acids is 1. The molecule has 0 radical (unpaired) electrons. The predicted octanol–water partition coefficient (Wildman–Crippen LogP) is 9.60. The first kappa shape index (κ1) is 28.6. The van der Waals surface area contributed by atoms with Gasteiger partial charge in [0, 0.05) is 12.0 Å². The molecule has 0 saturated heterocycles. The van der Waals surface area contributed by atoms with Gasteiger partial charge < -0.3 is 4.43 Å². The van der Waals surface area contributed by atoms with Gasteiger partial charge in [0.2, 0.25) is 0 Å². The van der Waals surface area contributed by atoms with E-state index in [2.05, 4.69) is 74.6 Å². The average Bonchev–Trinajstić information content (AvgIpc) is 3.10. The van der Waals surface area contributed by atoms with Gasteiger partial charge in [0.15, 0.2) is 14.1 Å². The summed E-state index contributed by atoms with van der Waals surface area (Å²) in [5.74, 6) is 4.29. The third kappa shape index (κ3) is 4.98. The van der Waals surface area contributed by atoms with Crippen LogP contribution in [0.1, 0.15) is 120 Å². The van der Waals surface area contributed by atoms with Crippen LogP contribution in [0.4, 0.5) is 0 Å². The lowest BCUT2D eigenvalue weighted by Crippen LogP contribution is -2.54. The van der Waals surface area contributed by atoms with Gasteiger partial charge in [0.05, 0.1) is 0 Å². The Morgan fingerprint density at radius 1 is 1.00 bits per heavy atom. The van der Waals surface area contributed by atoms with Crippen molar-refractivity contribution < 1.29 is 9.22 Å². The highest BCUT2D eigenvalue weighted by molar-refractivity contribution is 6.74. The van der Waals surface area contributed by atoms with E-state index in [0.717, 1.165) is 30.6 Å². The number of carbonyl (C=O) groups is 1. The fourth-order valence-electron chi connectivity index (χ4n) is 9.09. The summed E-state index contributed by atoms with van der Waals surface area (Å²) in [5, 5.41) is 0.231. The Hall–Kier alpha value is -0.413. The normalized spacial score (nSPS) is 39.9. The summed E-state index contributed by atoms with van der Waals surface area (Å²) < 4.78 is 6.87. The Bertz CT molecular complexity index is 850. The van der Waals surface area contributed by atoms with Gasteiger partial charge >= 0.3 is 0 Å². The van der Waals surface area contributed by atoms with Crippen molar-refractivity contribution in [1.29, 1.82) is 0 Å². The van der Waals surface area contributed by atoms with Crippen molar-refractivity contribution in [2.75, 3.05) is 0 Å². The number of ketones is 1. The fraction of sp³-hybridized carbons (Fsp3) is 0.909. The predicted molar refractivity (Wildman–Crippen MR) is 156 cm³/mol. The number of hydrogen-bond acceptors (Lipinski definition) is 2. The fourth-order valence-corrected chi connectivity index (χ4v) is 10.5. The zero-order chi connectivity index (χ0) is 26.7. The molecule has 2 nitrogen and oxygen atoms in total. The van der Waals surface area contributed by atoms with Gasteiger partial charge in [0.1, 0.15) is 0 Å². The molecule has 36 heavy (non-hydrogen) atoms. The molecule has 0 aromatic heterocycles. The molecule has 0 aliphatic heterocycles. The third-order valence-electron chi connectivity index (χ3n) is 12.4. The Kier molecular flexibility index (Phi) is 7.91. The average molecular weight is 515 g/mol. The van der Waals surface area contributed by atoms with Crippen molar-refractivity contribution in [1.82, 2.24) is 0 Å². The Morgan fingerprint density at radius 2 is 1.69 bits per heavy atom. The molecule has 206 valence electrons. The van der Waals surface area contributed by atoms with Gasteiger partial charge in [-0.25, -0.2) is 0 Å². The number of hydrogen-bond donors (Lipinski definition) is 0. The van der Waals surface area contributed by atoms with Crippen LogP contribution >= 0.6 is 0 Å². The van der Waals surface area contributed by atoms with Crippen LogP contribution in [0.5, 0.6) is 0 Å². The van der Waals surface area contributed by atoms with Crippen LogP contribution in [0.3, 0.4) is 0 Å². The van der Waals surface area contributed by atoms with E-state index in [1.807, 2.05) is 0 Å².